The van der Waals surface area contributed by atoms with Crippen LogP contribution in [0.2, 0.25) is 10.2 Å². The molecule has 1 heterocycles. The number of nitrogens with zero attached hydrogens (tertiary/aromatic N) is 1. The molecule has 0 aromatic carbocycles. The van der Waals surface area contributed by atoms with Gasteiger partial charge < -0.3 is 15.8 Å². The average molecular weight is 334 g/mol. The van der Waals surface area contributed by atoms with Crippen LogP contribution in [0.5, 0.6) is 0 Å². The molecule has 6 nitrogen and oxygen atoms in total. The van der Waals surface area contributed by atoms with Crippen LogP contribution in [0, 0.1) is 0 Å². The number of anilines is 1. The third-order valence-corrected chi connectivity index (χ3v) is 2.82. The molecule has 0 aliphatic heterocycles. The van der Waals surface area contributed by atoms with Gasteiger partial charge in [0.15, 0.2) is 11.8 Å². The predicted molar refractivity (Wildman–Crippen MR) is 81.2 cm³/mol. The van der Waals surface area contributed by atoms with Crippen LogP contribution in [0.1, 0.15) is 26.5 Å². The monoisotopic (exact) mass is 333 g/mol. The number of carbonyl (C=O) groups is 2. The van der Waals surface area contributed by atoms with Gasteiger partial charge in [0, 0.05) is 5.54 Å². The Morgan fingerprint density at radius 1 is 1.38 bits per heavy atom. The Morgan fingerprint density at radius 2 is 2.00 bits per heavy atom. The van der Waals surface area contributed by atoms with Gasteiger partial charge in [-0.05, 0) is 26.8 Å². The van der Waals surface area contributed by atoms with Gasteiger partial charge in [-0.15, -0.1) is 0 Å². The Bertz CT molecular complexity index is 533. The summed E-state index contributed by atoms with van der Waals surface area (Å²) in [6.07, 6.45) is -0.150. The number of nitrogens with one attached hydrogen (secondary N) is 1. The van der Waals surface area contributed by atoms with E-state index < -0.39 is 5.97 Å². The second-order valence-electron chi connectivity index (χ2n) is 5.44. The van der Waals surface area contributed by atoms with Gasteiger partial charge in [-0.1, -0.05) is 23.2 Å². The molecule has 116 valence electrons. The Balaban J connectivity index is 2.53. The van der Waals surface area contributed by atoms with Gasteiger partial charge >= 0.3 is 5.97 Å². The number of carbonyl (C=O) groups excluding carboxylic acids is 2. The van der Waals surface area contributed by atoms with Crippen molar-refractivity contribution in [2.24, 2.45) is 0 Å². The first kappa shape index (κ1) is 17.5. The van der Waals surface area contributed by atoms with Crippen LogP contribution in [0.4, 0.5) is 5.69 Å². The lowest BCUT2D eigenvalue weighted by atomic mass is 10.1. The zero-order valence-corrected chi connectivity index (χ0v) is 13.5. The number of rotatable bonds is 4. The summed E-state index contributed by atoms with van der Waals surface area (Å²) in [4.78, 5) is 27.1. The van der Waals surface area contributed by atoms with Crippen molar-refractivity contribution in [1.82, 2.24) is 10.3 Å². The minimum absolute atomic E-state index is 0.0239. The number of ether oxygens (including phenoxy) is 1. The maximum absolute atomic E-state index is 11.6. The highest BCUT2D eigenvalue weighted by Crippen LogP contribution is 2.26. The first-order valence-electron chi connectivity index (χ1n) is 6.15. The van der Waals surface area contributed by atoms with E-state index in [2.05, 4.69) is 10.3 Å². The second-order valence-corrected chi connectivity index (χ2v) is 6.20. The van der Waals surface area contributed by atoms with Crippen molar-refractivity contribution in [1.29, 1.82) is 0 Å². The summed E-state index contributed by atoms with van der Waals surface area (Å²) in [7, 11) is 0. The lowest BCUT2D eigenvalue weighted by Gasteiger charge is -2.20. The topological polar surface area (TPSA) is 94.3 Å². The molecular weight excluding hydrogens is 317 g/mol. The fourth-order valence-electron chi connectivity index (χ4n) is 1.43. The van der Waals surface area contributed by atoms with E-state index in [-0.39, 0.29) is 40.3 Å². The van der Waals surface area contributed by atoms with E-state index >= 15 is 0 Å². The van der Waals surface area contributed by atoms with Gasteiger partial charge in [0.1, 0.15) is 0 Å². The molecule has 1 aromatic heterocycles. The highest BCUT2D eigenvalue weighted by Gasteiger charge is 2.16. The number of hydrogen-bond donors (Lipinski definition) is 2. The Labute approximate surface area is 133 Å². The molecule has 3 N–H and O–H groups in total. The van der Waals surface area contributed by atoms with Gasteiger partial charge in [-0.25, -0.2) is 4.98 Å². The van der Waals surface area contributed by atoms with Gasteiger partial charge in [0.2, 0.25) is 0 Å². The second kappa shape index (κ2) is 6.95. The first-order valence-corrected chi connectivity index (χ1v) is 6.91. The summed E-state index contributed by atoms with van der Waals surface area (Å²) < 4.78 is 4.86. The fourth-order valence-corrected chi connectivity index (χ4v) is 1.91. The lowest BCUT2D eigenvalue weighted by Crippen LogP contribution is -2.42. The molecule has 8 heteroatoms. The van der Waals surface area contributed by atoms with Gasteiger partial charge in [0.25, 0.3) is 5.91 Å². The average Bonchev–Trinajstić information content (AvgIpc) is 2.31. The van der Waals surface area contributed by atoms with Crippen molar-refractivity contribution in [3.8, 4) is 0 Å². The zero-order valence-electron chi connectivity index (χ0n) is 12.0. The van der Waals surface area contributed by atoms with Gasteiger partial charge in [-0.2, -0.15) is 0 Å². The molecule has 0 aliphatic rings. The van der Waals surface area contributed by atoms with E-state index in [9.17, 15) is 9.59 Å². The molecule has 0 unspecified atom stereocenters. The van der Waals surface area contributed by atoms with Crippen molar-refractivity contribution < 1.29 is 14.3 Å². The molecule has 0 spiro atoms. The van der Waals surface area contributed by atoms with Crippen molar-refractivity contribution >= 4 is 40.8 Å². The number of nitrogens with two attached hydrogens (primary N) is 1. The molecular formula is C13H17Cl2N3O3. The maximum Gasteiger partial charge on any atom is 0.312 e. The van der Waals surface area contributed by atoms with Crippen molar-refractivity contribution in [3.63, 3.8) is 0 Å². The number of nitrogen functional groups attached to an aromatic ring is 1. The highest BCUT2D eigenvalue weighted by molar-refractivity contribution is 6.38. The van der Waals surface area contributed by atoms with E-state index in [1.165, 1.54) is 6.07 Å². The SMILES string of the molecule is CC(C)(C)NC(=O)COC(=O)Cc1cc(Cl)c(N)c(Cl)n1. The summed E-state index contributed by atoms with van der Waals surface area (Å²) in [5, 5.41) is 2.91. The third-order valence-electron chi connectivity index (χ3n) is 2.22. The quantitative estimate of drug-likeness (QED) is 0.648. The zero-order chi connectivity index (χ0) is 16.2. The molecule has 0 fully saturated rings. The van der Waals surface area contributed by atoms with Crippen LogP contribution < -0.4 is 11.1 Å². The number of aromatic nitrogens is 1. The van der Waals surface area contributed by atoms with Crippen LogP contribution >= 0.6 is 23.2 Å². The van der Waals surface area contributed by atoms with E-state index in [1.807, 2.05) is 20.8 Å². The fraction of sp³-hybridized carbons (Fsp3) is 0.462. The molecule has 0 radical (unpaired) electrons. The van der Waals surface area contributed by atoms with Crippen LogP contribution in [0.3, 0.4) is 0 Å². The molecule has 1 amide bonds. The van der Waals surface area contributed by atoms with E-state index in [0.717, 1.165) is 0 Å². The van der Waals surface area contributed by atoms with Crippen LogP contribution in [0.15, 0.2) is 6.07 Å². The van der Waals surface area contributed by atoms with E-state index in [1.54, 1.807) is 0 Å². The molecule has 21 heavy (non-hydrogen) atoms. The standard InChI is InChI=1S/C13H17Cl2N3O3/c1-13(2,3)18-9(19)6-21-10(20)5-7-4-8(14)11(16)12(15)17-7/h4H,5-6,16H2,1-3H3,(H,18,19). The molecule has 0 aliphatic carbocycles. The van der Waals surface area contributed by atoms with Gasteiger partial charge in [-0.3, -0.25) is 9.59 Å². The molecule has 0 saturated heterocycles. The number of hydrogen-bond acceptors (Lipinski definition) is 5. The Kier molecular flexibility index (Phi) is 5.80. The third kappa shape index (κ3) is 6.18. The minimum atomic E-state index is -0.608. The maximum atomic E-state index is 11.6. The van der Waals surface area contributed by atoms with Crippen LogP contribution in [-0.4, -0.2) is 29.0 Å². The molecule has 0 atom stereocenters. The summed E-state index contributed by atoms with van der Waals surface area (Å²) >= 11 is 11.6. The Hall–Kier alpha value is -1.53. The summed E-state index contributed by atoms with van der Waals surface area (Å²) in [5.74, 6) is -0.986. The molecule has 0 bridgehead atoms. The van der Waals surface area contributed by atoms with E-state index in [0.29, 0.717) is 5.69 Å². The predicted octanol–water partition coefficient (Wildman–Crippen LogP) is 1.97. The summed E-state index contributed by atoms with van der Waals surface area (Å²) in [5.41, 5.74) is 5.63. The largest absolute Gasteiger partial charge is 0.455 e. The lowest BCUT2D eigenvalue weighted by molar-refractivity contribution is -0.148. The Morgan fingerprint density at radius 3 is 2.52 bits per heavy atom. The first-order chi connectivity index (χ1) is 9.58. The minimum Gasteiger partial charge on any atom is -0.455 e. The summed E-state index contributed by atoms with van der Waals surface area (Å²) in [6, 6.07) is 1.43. The van der Waals surface area contributed by atoms with Crippen LogP contribution in [-0.2, 0) is 20.7 Å². The number of amides is 1. The molecule has 0 saturated carbocycles. The van der Waals surface area contributed by atoms with Crippen molar-refractivity contribution in [3.05, 3.63) is 21.9 Å². The molecule has 1 rings (SSSR count). The number of esters is 1. The summed E-state index contributed by atoms with van der Waals surface area (Å²) in [6.45, 7) is 5.13. The number of halogens is 2. The number of pyridine rings is 1. The van der Waals surface area contributed by atoms with Crippen LogP contribution in [0.25, 0.3) is 0 Å². The molecule has 1 aromatic rings. The van der Waals surface area contributed by atoms with Gasteiger partial charge in [0.05, 0.1) is 22.8 Å². The normalized spacial score (nSPS) is 11.1. The van der Waals surface area contributed by atoms with Crippen molar-refractivity contribution in [2.45, 2.75) is 32.7 Å². The van der Waals surface area contributed by atoms with E-state index in [4.69, 9.17) is 33.7 Å². The highest BCUT2D eigenvalue weighted by atomic mass is 35.5. The smallest absolute Gasteiger partial charge is 0.312 e. The van der Waals surface area contributed by atoms with Crippen molar-refractivity contribution in [2.75, 3.05) is 12.3 Å².